The molecule has 1 saturated heterocycles. The van der Waals surface area contributed by atoms with Crippen LogP contribution in [0.15, 0.2) is 24.3 Å². The first-order chi connectivity index (χ1) is 10.3. The molecule has 2 aliphatic rings. The number of nitrogens with one attached hydrogen (secondary N) is 1. The molecule has 0 amide bonds. The monoisotopic (exact) mass is 324 g/mol. The lowest BCUT2D eigenvalue weighted by Crippen LogP contribution is -2.42. The minimum atomic E-state index is 0. The zero-order valence-corrected chi connectivity index (χ0v) is 14.4. The first-order valence-corrected chi connectivity index (χ1v) is 8.36. The third-order valence-corrected chi connectivity index (χ3v) is 4.69. The van der Waals surface area contributed by atoms with Crippen LogP contribution in [-0.2, 0) is 17.9 Å². The second-order valence-corrected chi connectivity index (χ2v) is 6.66. The normalized spacial score (nSPS) is 19.9. The van der Waals surface area contributed by atoms with Crippen molar-refractivity contribution < 1.29 is 4.74 Å². The maximum absolute atomic E-state index is 5.22. The van der Waals surface area contributed by atoms with Crippen LogP contribution >= 0.6 is 12.4 Å². The maximum Gasteiger partial charge on any atom is 0.0713 e. The molecule has 2 fully saturated rings. The zero-order valence-electron chi connectivity index (χ0n) is 13.6. The standard InChI is InChI=1S/C18H28N2O.ClH/c1-21-14-17-4-2-3-16(11-17)13-20-9-7-18(8-10-20)19-12-15-5-6-15;/h2-4,11,15,18-19H,5-10,12-14H2,1H3;1H. The highest BCUT2D eigenvalue weighted by atomic mass is 35.5. The molecule has 1 aromatic carbocycles. The zero-order chi connectivity index (χ0) is 14.5. The molecule has 1 aliphatic heterocycles. The molecule has 4 heteroatoms. The van der Waals surface area contributed by atoms with Crippen molar-refractivity contribution in [2.45, 2.75) is 44.9 Å². The van der Waals surface area contributed by atoms with Crippen molar-refractivity contribution in [2.75, 3.05) is 26.7 Å². The van der Waals surface area contributed by atoms with Gasteiger partial charge in [0.2, 0.25) is 0 Å². The van der Waals surface area contributed by atoms with Gasteiger partial charge in [-0.05, 0) is 62.4 Å². The van der Waals surface area contributed by atoms with E-state index in [4.69, 9.17) is 4.74 Å². The highest BCUT2D eigenvalue weighted by Crippen LogP contribution is 2.28. The summed E-state index contributed by atoms with van der Waals surface area (Å²) in [7, 11) is 1.76. The molecule has 0 atom stereocenters. The maximum atomic E-state index is 5.22. The lowest BCUT2D eigenvalue weighted by atomic mass is 10.0. The lowest BCUT2D eigenvalue weighted by molar-refractivity contribution is 0.183. The summed E-state index contributed by atoms with van der Waals surface area (Å²) in [5.74, 6) is 0.992. The van der Waals surface area contributed by atoms with Crippen LogP contribution in [0, 0.1) is 5.92 Å². The Bertz CT molecular complexity index is 442. The van der Waals surface area contributed by atoms with Crippen molar-refractivity contribution in [1.82, 2.24) is 10.2 Å². The Kier molecular flexibility index (Phi) is 7.16. The fourth-order valence-electron chi connectivity index (χ4n) is 3.19. The van der Waals surface area contributed by atoms with E-state index < -0.39 is 0 Å². The van der Waals surface area contributed by atoms with E-state index in [0.717, 1.165) is 18.5 Å². The Hall–Kier alpha value is -0.610. The molecular weight excluding hydrogens is 296 g/mol. The van der Waals surface area contributed by atoms with Crippen LogP contribution in [-0.4, -0.2) is 37.7 Å². The predicted octanol–water partition coefficient (Wildman–Crippen LogP) is 3.22. The van der Waals surface area contributed by atoms with Crippen LogP contribution in [0.2, 0.25) is 0 Å². The van der Waals surface area contributed by atoms with Gasteiger partial charge in [-0.25, -0.2) is 0 Å². The molecule has 3 rings (SSSR count). The number of halogens is 1. The van der Waals surface area contributed by atoms with E-state index >= 15 is 0 Å². The minimum absolute atomic E-state index is 0. The SMILES string of the molecule is COCc1cccc(CN2CCC(NCC3CC3)CC2)c1.Cl. The third-order valence-electron chi connectivity index (χ3n) is 4.69. The average Bonchev–Trinajstić information content (AvgIpc) is 3.32. The van der Waals surface area contributed by atoms with Crippen molar-refractivity contribution in [3.05, 3.63) is 35.4 Å². The van der Waals surface area contributed by atoms with E-state index in [-0.39, 0.29) is 12.4 Å². The van der Waals surface area contributed by atoms with Crippen molar-refractivity contribution in [3.63, 3.8) is 0 Å². The van der Waals surface area contributed by atoms with Crippen molar-refractivity contribution >= 4 is 12.4 Å². The molecule has 22 heavy (non-hydrogen) atoms. The first kappa shape index (κ1) is 17.7. The largest absolute Gasteiger partial charge is 0.380 e. The third kappa shape index (κ3) is 5.54. The Balaban J connectivity index is 0.00000176. The Labute approximate surface area is 140 Å². The molecule has 1 saturated carbocycles. The summed E-state index contributed by atoms with van der Waals surface area (Å²) >= 11 is 0. The van der Waals surface area contributed by atoms with Crippen LogP contribution in [0.3, 0.4) is 0 Å². The summed E-state index contributed by atoms with van der Waals surface area (Å²) < 4.78 is 5.22. The van der Waals surface area contributed by atoms with Gasteiger partial charge in [0.25, 0.3) is 0 Å². The number of likely N-dealkylation sites (tertiary alicyclic amines) is 1. The van der Waals surface area contributed by atoms with E-state index in [1.54, 1.807) is 7.11 Å². The lowest BCUT2D eigenvalue weighted by Gasteiger charge is -2.32. The van der Waals surface area contributed by atoms with Gasteiger partial charge in [-0.1, -0.05) is 24.3 Å². The Morgan fingerprint density at radius 3 is 2.55 bits per heavy atom. The molecule has 3 nitrogen and oxygen atoms in total. The summed E-state index contributed by atoms with van der Waals surface area (Å²) in [4.78, 5) is 2.58. The van der Waals surface area contributed by atoms with E-state index in [0.29, 0.717) is 6.61 Å². The van der Waals surface area contributed by atoms with Crippen LogP contribution in [0.4, 0.5) is 0 Å². The predicted molar refractivity (Wildman–Crippen MR) is 93.4 cm³/mol. The molecule has 1 aromatic rings. The van der Waals surface area contributed by atoms with Gasteiger partial charge in [0.05, 0.1) is 6.61 Å². The van der Waals surface area contributed by atoms with Crippen LogP contribution in [0.25, 0.3) is 0 Å². The van der Waals surface area contributed by atoms with Crippen LogP contribution in [0.5, 0.6) is 0 Å². The number of ether oxygens (including phenoxy) is 1. The van der Waals surface area contributed by atoms with Gasteiger partial charge in [-0.3, -0.25) is 4.90 Å². The summed E-state index contributed by atoms with van der Waals surface area (Å²) in [5.41, 5.74) is 2.69. The van der Waals surface area contributed by atoms with Gasteiger partial charge >= 0.3 is 0 Å². The van der Waals surface area contributed by atoms with Gasteiger partial charge in [0.1, 0.15) is 0 Å². The number of hydrogen-bond donors (Lipinski definition) is 1. The number of hydrogen-bond acceptors (Lipinski definition) is 3. The smallest absolute Gasteiger partial charge is 0.0713 e. The van der Waals surface area contributed by atoms with Crippen molar-refractivity contribution in [3.8, 4) is 0 Å². The molecule has 0 radical (unpaired) electrons. The second kappa shape index (κ2) is 8.88. The fraction of sp³-hybridized carbons (Fsp3) is 0.667. The second-order valence-electron chi connectivity index (χ2n) is 6.66. The van der Waals surface area contributed by atoms with Gasteiger partial charge in [0, 0.05) is 19.7 Å². The highest BCUT2D eigenvalue weighted by Gasteiger charge is 2.24. The van der Waals surface area contributed by atoms with Crippen LogP contribution < -0.4 is 5.32 Å². The summed E-state index contributed by atoms with van der Waals surface area (Å²) in [5, 5.41) is 3.75. The van der Waals surface area contributed by atoms with Gasteiger partial charge < -0.3 is 10.1 Å². The average molecular weight is 325 g/mol. The van der Waals surface area contributed by atoms with Crippen molar-refractivity contribution in [1.29, 1.82) is 0 Å². The molecule has 1 N–H and O–H groups in total. The van der Waals surface area contributed by atoms with E-state index in [1.807, 2.05) is 0 Å². The number of benzene rings is 1. The van der Waals surface area contributed by atoms with Crippen LogP contribution in [0.1, 0.15) is 36.8 Å². The van der Waals surface area contributed by atoms with Gasteiger partial charge in [-0.2, -0.15) is 0 Å². The summed E-state index contributed by atoms with van der Waals surface area (Å²) in [6.07, 6.45) is 5.49. The highest BCUT2D eigenvalue weighted by molar-refractivity contribution is 5.85. The Morgan fingerprint density at radius 1 is 1.14 bits per heavy atom. The quantitative estimate of drug-likeness (QED) is 0.833. The van der Waals surface area contributed by atoms with E-state index in [9.17, 15) is 0 Å². The molecular formula is C18H29ClN2O. The molecule has 124 valence electrons. The molecule has 0 aromatic heterocycles. The van der Waals surface area contributed by atoms with E-state index in [1.165, 1.54) is 56.4 Å². The fourth-order valence-corrected chi connectivity index (χ4v) is 3.19. The summed E-state index contributed by atoms with van der Waals surface area (Å²) in [6, 6.07) is 9.55. The minimum Gasteiger partial charge on any atom is -0.380 e. The number of piperidine rings is 1. The Morgan fingerprint density at radius 2 is 1.86 bits per heavy atom. The first-order valence-electron chi connectivity index (χ1n) is 8.36. The molecule has 1 heterocycles. The van der Waals surface area contributed by atoms with E-state index in [2.05, 4.69) is 34.5 Å². The topological polar surface area (TPSA) is 24.5 Å². The van der Waals surface area contributed by atoms with Gasteiger partial charge in [-0.15, -0.1) is 12.4 Å². The van der Waals surface area contributed by atoms with Gasteiger partial charge in [0.15, 0.2) is 0 Å². The molecule has 0 bridgehead atoms. The number of methoxy groups -OCH3 is 1. The number of rotatable bonds is 7. The summed E-state index contributed by atoms with van der Waals surface area (Å²) in [6.45, 7) is 5.48. The molecule has 1 aliphatic carbocycles. The molecule has 0 spiro atoms. The molecule has 0 unspecified atom stereocenters. The van der Waals surface area contributed by atoms with Crippen molar-refractivity contribution in [2.24, 2.45) is 5.92 Å². The number of nitrogens with zero attached hydrogens (tertiary/aromatic N) is 1.